The molecule has 0 saturated carbocycles. The van der Waals surface area contributed by atoms with Crippen LogP contribution in [-0.2, 0) is 0 Å². The Balaban J connectivity index is 1.21. The Morgan fingerprint density at radius 3 is 2.23 bits per heavy atom. The third-order valence-corrected chi connectivity index (χ3v) is 10.7. The Labute approximate surface area is 271 Å². The van der Waals surface area contributed by atoms with Crippen LogP contribution in [0.2, 0.25) is 0 Å². The van der Waals surface area contributed by atoms with E-state index >= 15 is 0 Å². The minimum atomic E-state index is 0.659. The Bertz CT molecular complexity index is 3090. The summed E-state index contributed by atoms with van der Waals surface area (Å²) < 4.78 is 11.3. The molecule has 0 saturated heterocycles. The van der Waals surface area contributed by atoms with E-state index in [0.29, 0.717) is 5.95 Å². The predicted octanol–water partition coefficient (Wildman–Crippen LogP) is 11.8. The molecule has 0 N–H and O–H groups in total. The number of hydrogen-bond acceptors (Lipinski definition) is 4. The van der Waals surface area contributed by atoms with Crippen molar-refractivity contribution >= 4 is 96.9 Å². The van der Waals surface area contributed by atoms with Gasteiger partial charge < -0.3 is 4.42 Å². The van der Waals surface area contributed by atoms with E-state index in [0.717, 1.165) is 60.5 Å². The van der Waals surface area contributed by atoms with Gasteiger partial charge in [-0.3, -0.25) is 4.57 Å². The summed E-state index contributed by atoms with van der Waals surface area (Å²) in [6.07, 6.45) is 0. The van der Waals surface area contributed by atoms with Crippen molar-refractivity contribution in [2.24, 2.45) is 0 Å². The maximum Gasteiger partial charge on any atom is 0.235 e. The van der Waals surface area contributed by atoms with E-state index in [4.69, 9.17) is 14.4 Å². The highest BCUT2D eigenvalue weighted by atomic mass is 32.1. The standard InChI is InChI=1S/C42H23N3OS/c1-2-10-26-24(9-1)17-19-27-31-23-25(18-21-35(31)46-41(26)27)40-28-11-3-6-14-32(28)43-42(44-40)45-33-15-7-4-12-29(33)38-34(45)20-22-37-39(38)30-13-5-8-16-36(30)47-37/h1-23H. The molecule has 0 spiro atoms. The van der Waals surface area contributed by atoms with Crippen LogP contribution in [-0.4, -0.2) is 14.5 Å². The number of nitrogens with zero attached hydrogens (tertiary/aromatic N) is 3. The van der Waals surface area contributed by atoms with E-state index < -0.39 is 0 Å². The van der Waals surface area contributed by atoms with Crippen LogP contribution in [0.15, 0.2) is 144 Å². The molecule has 47 heavy (non-hydrogen) atoms. The van der Waals surface area contributed by atoms with Gasteiger partial charge in [0, 0.05) is 58.1 Å². The highest BCUT2D eigenvalue weighted by Crippen LogP contribution is 2.43. The minimum Gasteiger partial charge on any atom is -0.455 e. The summed E-state index contributed by atoms with van der Waals surface area (Å²) in [7, 11) is 0. The number of furan rings is 1. The van der Waals surface area contributed by atoms with Crippen molar-refractivity contribution in [1.29, 1.82) is 0 Å². The van der Waals surface area contributed by atoms with Crippen LogP contribution < -0.4 is 0 Å². The SMILES string of the molecule is c1ccc2c(c1)ccc1c3cc(-c4nc(-n5c6ccccc6c6c7c(ccc65)sc5ccccc57)nc5ccccc45)ccc3oc21. The first-order valence-electron chi connectivity index (χ1n) is 15.8. The fraction of sp³-hybridized carbons (Fsp3) is 0. The fourth-order valence-corrected chi connectivity index (χ4v) is 8.64. The van der Waals surface area contributed by atoms with Crippen molar-refractivity contribution in [2.45, 2.75) is 0 Å². The molecular weight excluding hydrogens is 595 g/mol. The first-order valence-corrected chi connectivity index (χ1v) is 16.6. The number of fused-ring (bicyclic) bond motifs is 13. The van der Waals surface area contributed by atoms with E-state index in [9.17, 15) is 0 Å². The first-order chi connectivity index (χ1) is 23.3. The molecule has 11 rings (SSSR count). The Hall–Kier alpha value is -6.04. The molecule has 0 bridgehead atoms. The number of para-hydroxylation sites is 2. The summed E-state index contributed by atoms with van der Waals surface area (Å²) in [5.74, 6) is 0.659. The van der Waals surface area contributed by atoms with Gasteiger partial charge in [-0.1, -0.05) is 84.9 Å². The first kappa shape index (κ1) is 25.2. The third kappa shape index (κ3) is 3.46. The summed E-state index contributed by atoms with van der Waals surface area (Å²) in [6, 6.07) is 49.3. The topological polar surface area (TPSA) is 43.9 Å². The van der Waals surface area contributed by atoms with Gasteiger partial charge in [-0.15, -0.1) is 11.3 Å². The lowest BCUT2D eigenvalue weighted by Gasteiger charge is -2.12. The molecule has 0 aliphatic heterocycles. The molecular formula is C42H23N3OS. The molecule has 0 aliphatic rings. The van der Waals surface area contributed by atoms with Crippen LogP contribution in [0, 0.1) is 0 Å². The molecule has 0 atom stereocenters. The fourth-order valence-electron chi connectivity index (χ4n) is 7.53. The number of thiophene rings is 1. The molecule has 0 unspecified atom stereocenters. The van der Waals surface area contributed by atoms with Gasteiger partial charge in [-0.05, 0) is 60.0 Å². The summed E-state index contributed by atoms with van der Waals surface area (Å²) in [4.78, 5) is 10.6. The second kappa shape index (κ2) is 9.25. The monoisotopic (exact) mass is 617 g/mol. The predicted molar refractivity (Wildman–Crippen MR) is 197 cm³/mol. The minimum absolute atomic E-state index is 0.659. The molecule has 7 aromatic carbocycles. The average molecular weight is 618 g/mol. The summed E-state index contributed by atoms with van der Waals surface area (Å²) >= 11 is 1.85. The molecule has 0 radical (unpaired) electrons. The Morgan fingerprint density at radius 2 is 1.30 bits per heavy atom. The van der Waals surface area contributed by atoms with Crippen LogP contribution >= 0.6 is 11.3 Å². The number of rotatable bonds is 2. The Kier molecular flexibility index (Phi) is 4.96. The second-order valence-corrected chi connectivity index (χ2v) is 13.2. The Morgan fingerprint density at radius 1 is 0.511 bits per heavy atom. The highest BCUT2D eigenvalue weighted by molar-refractivity contribution is 7.26. The molecule has 4 nitrogen and oxygen atoms in total. The van der Waals surface area contributed by atoms with Crippen molar-refractivity contribution in [3.63, 3.8) is 0 Å². The van der Waals surface area contributed by atoms with E-state index in [-0.39, 0.29) is 0 Å². The van der Waals surface area contributed by atoms with E-state index in [1.165, 1.54) is 36.3 Å². The van der Waals surface area contributed by atoms with Gasteiger partial charge in [-0.2, -0.15) is 0 Å². The van der Waals surface area contributed by atoms with Crippen LogP contribution in [0.3, 0.4) is 0 Å². The third-order valence-electron chi connectivity index (χ3n) is 9.60. The smallest absolute Gasteiger partial charge is 0.235 e. The number of benzene rings is 7. The highest BCUT2D eigenvalue weighted by Gasteiger charge is 2.21. The van der Waals surface area contributed by atoms with Crippen LogP contribution in [0.25, 0.3) is 103 Å². The zero-order valence-electron chi connectivity index (χ0n) is 24.9. The summed E-state index contributed by atoms with van der Waals surface area (Å²) in [6.45, 7) is 0. The molecule has 0 amide bonds. The number of aromatic nitrogens is 3. The maximum absolute atomic E-state index is 6.45. The number of hydrogen-bond donors (Lipinski definition) is 0. The molecule has 11 aromatic rings. The van der Waals surface area contributed by atoms with Crippen molar-refractivity contribution in [3.8, 4) is 17.2 Å². The molecule has 218 valence electrons. The lowest BCUT2D eigenvalue weighted by molar-refractivity contribution is 0.672. The maximum atomic E-state index is 6.45. The molecule has 5 heteroatoms. The van der Waals surface area contributed by atoms with Crippen LogP contribution in [0.4, 0.5) is 0 Å². The zero-order valence-corrected chi connectivity index (χ0v) is 25.8. The summed E-state index contributed by atoms with van der Waals surface area (Å²) in [5.41, 5.74) is 6.81. The molecule has 0 aliphatic carbocycles. The van der Waals surface area contributed by atoms with E-state index in [2.05, 4.69) is 138 Å². The largest absolute Gasteiger partial charge is 0.455 e. The van der Waals surface area contributed by atoms with Gasteiger partial charge in [0.15, 0.2) is 0 Å². The van der Waals surface area contributed by atoms with Crippen molar-refractivity contribution in [3.05, 3.63) is 140 Å². The quantitative estimate of drug-likeness (QED) is 0.194. The van der Waals surface area contributed by atoms with Gasteiger partial charge in [0.2, 0.25) is 5.95 Å². The van der Waals surface area contributed by atoms with Gasteiger partial charge in [0.05, 0.1) is 22.2 Å². The lowest BCUT2D eigenvalue weighted by Crippen LogP contribution is -2.03. The molecule has 4 aromatic heterocycles. The van der Waals surface area contributed by atoms with Crippen molar-refractivity contribution in [1.82, 2.24) is 14.5 Å². The van der Waals surface area contributed by atoms with E-state index in [1.54, 1.807) is 0 Å². The van der Waals surface area contributed by atoms with Crippen molar-refractivity contribution < 1.29 is 4.42 Å². The van der Waals surface area contributed by atoms with Gasteiger partial charge in [0.25, 0.3) is 0 Å². The van der Waals surface area contributed by atoms with Gasteiger partial charge >= 0.3 is 0 Å². The average Bonchev–Trinajstić information content (AvgIpc) is 3.80. The lowest BCUT2D eigenvalue weighted by atomic mass is 10.0. The van der Waals surface area contributed by atoms with Crippen molar-refractivity contribution in [2.75, 3.05) is 0 Å². The van der Waals surface area contributed by atoms with Gasteiger partial charge in [-0.25, -0.2) is 9.97 Å². The van der Waals surface area contributed by atoms with Crippen LogP contribution in [0.1, 0.15) is 0 Å². The van der Waals surface area contributed by atoms with Crippen LogP contribution in [0.5, 0.6) is 0 Å². The van der Waals surface area contributed by atoms with Gasteiger partial charge in [0.1, 0.15) is 11.2 Å². The second-order valence-electron chi connectivity index (χ2n) is 12.1. The normalized spacial score (nSPS) is 12.3. The van der Waals surface area contributed by atoms with E-state index in [1.807, 2.05) is 17.4 Å². The summed E-state index contributed by atoms with van der Waals surface area (Å²) in [5, 5.41) is 10.5. The molecule has 4 heterocycles. The zero-order chi connectivity index (χ0) is 30.6. The molecule has 0 fully saturated rings.